The maximum Gasteiger partial charge on any atom is 0.253 e. The lowest BCUT2D eigenvalue weighted by Gasteiger charge is -2.31. The fourth-order valence-electron chi connectivity index (χ4n) is 3.58. The summed E-state index contributed by atoms with van der Waals surface area (Å²) in [5.74, 6) is 0.550. The molecule has 150 valence electrons. The Morgan fingerprint density at radius 1 is 1.18 bits per heavy atom. The summed E-state index contributed by atoms with van der Waals surface area (Å²) in [5.41, 5.74) is 3.95. The van der Waals surface area contributed by atoms with Gasteiger partial charge in [-0.15, -0.1) is 11.3 Å². The number of thiazole rings is 1. The topological polar surface area (TPSA) is 62.3 Å². The number of rotatable bonds is 5. The molecule has 0 bridgehead atoms. The van der Waals surface area contributed by atoms with E-state index in [4.69, 9.17) is 4.98 Å². The van der Waals surface area contributed by atoms with Gasteiger partial charge in [0.2, 0.25) is 5.91 Å². The summed E-state index contributed by atoms with van der Waals surface area (Å²) < 4.78 is 0. The van der Waals surface area contributed by atoms with Crippen LogP contribution >= 0.6 is 11.3 Å². The van der Waals surface area contributed by atoms with Crippen molar-refractivity contribution in [2.75, 3.05) is 13.1 Å². The molecule has 1 fully saturated rings. The summed E-state index contributed by atoms with van der Waals surface area (Å²) in [4.78, 5) is 31.2. The standard InChI is InChI=1S/C22H29N3O2S/c1-14(2)20(26)23-12-19-13-28-21(24-19)17-5-7-25(8-6-17)22(27)18-10-15(3)9-16(4)11-18/h9-11,13-14,17H,5-8,12H2,1-4H3,(H,23,26). The number of nitrogens with one attached hydrogen (secondary N) is 1. The number of benzene rings is 1. The monoisotopic (exact) mass is 399 g/mol. The summed E-state index contributed by atoms with van der Waals surface area (Å²) in [5, 5.41) is 6.06. The first-order valence-electron chi connectivity index (χ1n) is 9.93. The van der Waals surface area contributed by atoms with Gasteiger partial charge in [-0.05, 0) is 38.8 Å². The number of hydrogen-bond donors (Lipinski definition) is 1. The Morgan fingerprint density at radius 3 is 2.43 bits per heavy atom. The Labute approximate surface area is 171 Å². The lowest BCUT2D eigenvalue weighted by atomic mass is 9.96. The van der Waals surface area contributed by atoms with Gasteiger partial charge < -0.3 is 10.2 Å². The number of likely N-dealkylation sites (tertiary alicyclic amines) is 1. The molecule has 0 radical (unpaired) electrons. The number of carbonyl (C=O) groups is 2. The van der Waals surface area contributed by atoms with Crippen molar-refractivity contribution < 1.29 is 9.59 Å². The number of hydrogen-bond acceptors (Lipinski definition) is 4. The van der Waals surface area contributed by atoms with Crippen molar-refractivity contribution >= 4 is 23.2 Å². The molecule has 1 aliphatic rings. The van der Waals surface area contributed by atoms with Crippen LogP contribution in [0.4, 0.5) is 0 Å². The molecule has 0 aliphatic carbocycles. The quantitative estimate of drug-likeness (QED) is 0.825. The zero-order valence-electron chi connectivity index (χ0n) is 17.1. The fraction of sp³-hybridized carbons (Fsp3) is 0.500. The van der Waals surface area contributed by atoms with Gasteiger partial charge in [0.25, 0.3) is 5.91 Å². The summed E-state index contributed by atoms with van der Waals surface area (Å²) in [6.07, 6.45) is 1.86. The Hall–Kier alpha value is -2.21. The fourth-order valence-corrected chi connectivity index (χ4v) is 4.57. The molecule has 2 heterocycles. The van der Waals surface area contributed by atoms with E-state index in [1.54, 1.807) is 11.3 Å². The maximum atomic E-state index is 12.8. The third-order valence-corrected chi connectivity index (χ3v) is 6.19. The molecule has 28 heavy (non-hydrogen) atoms. The molecule has 6 heteroatoms. The van der Waals surface area contributed by atoms with Crippen LogP contribution < -0.4 is 5.32 Å². The van der Waals surface area contributed by atoms with Crippen LogP contribution in [0.15, 0.2) is 23.6 Å². The van der Waals surface area contributed by atoms with Gasteiger partial charge in [0.15, 0.2) is 0 Å². The van der Waals surface area contributed by atoms with Gasteiger partial charge >= 0.3 is 0 Å². The lowest BCUT2D eigenvalue weighted by molar-refractivity contribution is -0.124. The number of amides is 2. The van der Waals surface area contributed by atoms with Crippen molar-refractivity contribution in [3.05, 3.63) is 51.0 Å². The molecule has 0 atom stereocenters. The Morgan fingerprint density at radius 2 is 1.82 bits per heavy atom. The van der Waals surface area contributed by atoms with Gasteiger partial charge in [-0.2, -0.15) is 0 Å². The van der Waals surface area contributed by atoms with Crippen molar-refractivity contribution in [2.45, 2.75) is 53.0 Å². The van der Waals surface area contributed by atoms with Crippen LogP contribution in [0.3, 0.4) is 0 Å². The first-order valence-corrected chi connectivity index (χ1v) is 10.8. The Bertz CT molecular complexity index is 831. The van der Waals surface area contributed by atoms with E-state index in [1.165, 1.54) is 0 Å². The molecule has 0 spiro atoms. The van der Waals surface area contributed by atoms with Crippen LogP contribution in [0.5, 0.6) is 0 Å². The minimum absolute atomic E-state index is 0.0165. The average molecular weight is 400 g/mol. The van der Waals surface area contributed by atoms with Crippen molar-refractivity contribution in [3.8, 4) is 0 Å². The van der Waals surface area contributed by atoms with Crippen molar-refractivity contribution in [1.29, 1.82) is 0 Å². The zero-order chi connectivity index (χ0) is 20.3. The van der Waals surface area contributed by atoms with E-state index in [1.807, 2.05) is 50.1 Å². The van der Waals surface area contributed by atoms with Crippen LogP contribution in [0.2, 0.25) is 0 Å². The van der Waals surface area contributed by atoms with E-state index in [2.05, 4.69) is 11.4 Å². The molecule has 3 rings (SSSR count). The van der Waals surface area contributed by atoms with Crippen LogP contribution in [-0.2, 0) is 11.3 Å². The lowest BCUT2D eigenvalue weighted by Crippen LogP contribution is -2.38. The highest BCUT2D eigenvalue weighted by atomic mass is 32.1. The van der Waals surface area contributed by atoms with E-state index in [0.29, 0.717) is 12.5 Å². The molecule has 2 amide bonds. The third-order valence-electron chi connectivity index (χ3n) is 5.14. The molecule has 1 aromatic carbocycles. The van der Waals surface area contributed by atoms with E-state index in [0.717, 1.165) is 53.3 Å². The number of piperidine rings is 1. The average Bonchev–Trinajstić information content (AvgIpc) is 3.13. The molecule has 1 saturated heterocycles. The van der Waals surface area contributed by atoms with E-state index in [-0.39, 0.29) is 17.7 Å². The van der Waals surface area contributed by atoms with Gasteiger partial charge in [-0.3, -0.25) is 9.59 Å². The van der Waals surface area contributed by atoms with Gasteiger partial charge in [0.1, 0.15) is 0 Å². The number of aryl methyl sites for hydroxylation is 2. The summed E-state index contributed by atoms with van der Waals surface area (Å²) in [7, 11) is 0. The van der Waals surface area contributed by atoms with Crippen LogP contribution in [0.25, 0.3) is 0 Å². The van der Waals surface area contributed by atoms with Gasteiger partial charge in [0, 0.05) is 35.9 Å². The summed E-state index contributed by atoms with van der Waals surface area (Å²) in [6, 6.07) is 6.03. The SMILES string of the molecule is Cc1cc(C)cc(C(=O)N2CCC(c3nc(CNC(=O)C(C)C)cs3)CC2)c1. The number of carbonyl (C=O) groups excluding carboxylic acids is 2. The molecule has 0 saturated carbocycles. The van der Waals surface area contributed by atoms with E-state index >= 15 is 0 Å². The predicted molar refractivity (Wildman–Crippen MR) is 113 cm³/mol. The molecule has 1 aromatic heterocycles. The zero-order valence-corrected chi connectivity index (χ0v) is 17.9. The number of aromatic nitrogens is 1. The third kappa shape index (κ3) is 4.98. The van der Waals surface area contributed by atoms with Crippen molar-refractivity contribution in [2.24, 2.45) is 5.92 Å². The second-order valence-corrected chi connectivity index (χ2v) is 8.88. The minimum atomic E-state index is -0.0165. The second-order valence-electron chi connectivity index (χ2n) is 7.99. The summed E-state index contributed by atoms with van der Waals surface area (Å²) in [6.45, 7) is 9.83. The highest BCUT2D eigenvalue weighted by molar-refractivity contribution is 7.09. The molecule has 2 aromatic rings. The molecular weight excluding hydrogens is 370 g/mol. The van der Waals surface area contributed by atoms with Crippen LogP contribution in [-0.4, -0.2) is 34.8 Å². The van der Waals surface area contributed by atoms with Crippen LogP contribution in [0.1, 0.15) is 64.8 Å². The summed E-state index contributed by atoms with van der Waals surface area (Å²) >= 11 is 1.66. The second kappa shape index (κ2) is 8.86. The highest BCUT2D eigenvalue weighted by Gasteiger charge is 2.26. The first-order chi connectivity index (χ1) is 13.3. The molecule has 1 aliphatic heterocycles. The molecule has 5 nitrogen and oxygen atoms in total. The van der Waals surface area contributed by atoms with Gasteiger partial charge in [0.05, 0.1) is 17.2 Å². The van der Waals surface area contributed by atoms with Crippen molar-refractivity contribution in [3.63, 3.8) is 0 Å². The smallest absolute Gasteiger partial charge is 0.253 e. The minimum Gasteiger partial charge on any atom is -0.350 e. The van der Waals surface area contributed by atoms with Crippen molar-refractivity contribution in [1.82, 2.24) is 15.2 Å². The highest BCUT2D eigenvalue weighted by Crippen LogP contribution is 2.31. The maximum absolute atomic E-state index is 12.8. The van der Waals surface area contributed by atoms with Crippen LogP contribution in [0, 0.1) is 19.8 Å². The predicted octanol–water partition coefficient (Wildman–Crippen LogP) is 4.05. The number of nitrogens with zero attached hydrogens (tertiary/aromatic N) is 2. The van der Waals surface area contributed by atoms with E-state index < -0.39 is 0 Å². The van der Waals surface area contributed by atoms with E-state index in [9.17, 15) is 9.59 Å². The largest absolute Gasteiger partial charge is 0.350 e. The molecule has 1 N–H and O–H groups in total. The Balaban J connectivity index is 1.55. The Kier molecular flexibility index (Phi) is 6.50. The van der Waals surface area contributed by atoms with Gasteiger partial charge in [-0.25, -0.2) is 4.98 Å². The molecular formula is C22H29N3O2S. The normalized spacial score (nSPS) is 15.1. The van der Waals surface area contributed by atoms with Gasteiger partial charge in [-0.1, -0.05) is 31.0 Å². The first kappa shape index (κ1) is 20.5. The molecule has 0 unspecified atom stereocenters.